The van der Waals surface area contributed by atoms with Crippen LogP contribution in [0.25, 0.3) is 0 Å². The topological polar surface area (TPSA) is 58.6 Å². The third-order valence-corrected chi connectivity index (χ3v) is 1.79. The third-order valence-electron chi connectivity index (χ3n) is 1.79. The van der Waals surface area contributed by atoms with Crippen molar-refractivity contribution in [1.82, 2.24) is 5.48 Å². The highest BCUT2D eigenvalue weighted by atomic mass is 16.7. The standard InChI is InChI=1S/C11H15NO3/c1-11(2,3)10(14)15-12-9(13)8-6-4-5-7-8/h4-7,12-13H,1-3H3. The lowest BCUT2D eigenvalue weighted by Gasteiger charge is -2.16. The van der Waals surface area contributed by atoms with E-state index in [1.54, 1.807) is 45.1 Å². The second-order valence-electron chi connectivity index (χ2n) is 4.26. The Labute approximate surface area is 88.9 Å². The Bertz CT molecular complexity index is 331. The highest BCUT2D eigenvalue weighted by Crippen LogP contribution is 2.15. The van der Waals surface area contributed by atoms with Gasteiger partial charge in [-0.25, -0.2) is 4.79 Å². The highest BCUT2D eigenvalue weighted by molar-refractivity contribution is 5.75. The van der Waals surface area contributed by atoms with Gasteiger partial charge in [0, 0.05) is 5.57 Å². The van der Waals surface area contributed by atoms with Gasteiger partial charge >= 0.3 is 5.97 Å². The fourth-order valence-corrected chi connectivity index (χ4v) is 0.839. The first kappa shape index (κ1) is 11.4. The summed E-state index contributed by atoms with van der Waals surface area (Å²) in [5.74, 6) is -0.599. The van der Waals surface area contributed by atoms with E-state index >= 15 is 0 Å². The van der Waals surface area contributed by atoms with Crippen LogP contribution in [0, 0.1) is 5.41 Å². The molecule has 0 aromatic carbocycles. The number of nitrogens with one attached hydrogen (secondary N) is 1. The molecule has 4 heteroatoms. The van der Waals surface area contributed by atoms with Crippen molar-refractivity contribution in [2.75, 3.05) is 0 Å². The van der Waals surface area contributed by atoms with Gasteiger partial charge in [-0.1, -0.05) is 12.2 Å². The fraction of sp³-hybridized carbons (Fsp3) is 0.364. The van der Waals surface area contributed by atoms with Crippen LogP contribution in [0.15, 0.2) is 35.8 Å². The fourth-order valence-electron chi connectivity index (χ4n) is 0.839. The molecule has 1 rings (SSSR count). The van der Waals surface area contributed by atoms with Crippen molar-refractivity contribution in [3.63, 3.8) is 0 Å². The predicted octanol–water partition coefficient (Wildman–Crippen LogP) is 1.98. The van der Waals surface area contributed by atoms with Crippen LogP contribution in [0.1, 0.15) is 20.8 Å². The van der Waals surface area contributed by atoms with Gasteiger partial charge < -0.3 is 9.94 Å². The maximum absolute atomic E-state index is 11.3. The molecular formula is C11H15NO3. The summed E-state index contributed by atoms with van der Waals surface area (Å²) in [6, 6.07) is 0. The van der Waals surface area contributed by atoms with Gasteiger partial charge in [0.15, 0.2) is 0 Å². The van der Waals surface area contributed by atoms with Crippen LogP contribution in [-0.4, -0.2) is 11.1 Å². The minimum Gasteiger partial charge on any atom is -0.492 e. The summed E-state index contributed by atoms with van der Waals surface area (Å²) in [6.07, 6.45) is 6.96. The number of rotatable bonds is 2. The normalized spacial score (nSPS) is 14.2. The lowest BCUT2D eigenvalue weighted by Crippen LogP contribution is -2.29. The van der Waals surface area contributed by atoms with E-state index in [-0.39, 0.29) is 5.88 Å². The minimum absolute atomic E-state index is 0.169. The van der Waals surface area contributed by atoms with Crippen molar-refractivity contribution < 1.29 is 14.7 Å². The van der Waals surface area contributed by atoms with Crippen molar-refractivity contribution in [3.05, 3.63) is 35.8 Å². The number of hydrogen-bond donors (Lipinski definition) is 2. The number of aliphatic hydroxyl groups is 1. The smallest absolute Gasteiger partial charge is 0.337 e. The second-order valence-corrected chi connectivity index (χ2v) is 4.26. The maximum atomic E-state index is 11.3. The van der Waals surface area contributed by atoms with Crippen LogP contribution in [0.3, 0.4) is 0 Å². The molecule has 0 spiro atoms. The van der Waals surface area contributed by atoms with E-state index < -0.39 is 11.4 Å². The van der Waals surface area contributed by atoms with Crippen LogP contribution in [0.5, 0.6) is 0 Å². The first-order valence-corrected chi connectivity index (χ1v) is 4.66. The highest BCUT2D eigenvalue weighted by Gasteiger charge is 2.24. The first-order chi connectivity index (χ1) is 6.91. The second kappa shape index (κ2) is 4.21. The van der Waals surface area contributed by atoms with Crippen LogP contribution < -0.4 is 5.48 Å². The van der Waals surface area contributed by atoms with Crippen molar-refractivity contribution in [1.29, 1.82) is 0 Å². The molecule has 0 aromatic heterocycles. The van der Waals surface area contributed by atoms with Crippen LogP contribution in [0.2, 0.25) is 0 Å². The molecular weight excluding hydrogens is 194 g/mol. The Kier molecular flexibility index (Phi) is 3.19. The lowest BCUT2D eigenvalue weighted by molar-refractivity contribution is -0.160. The molecule has 82 valence electrons. The molecule has 0 fully saturated rings. The van der Waals surface area contributed by atoms with E-state index in [0.29, 0.717) is 5.57 Å². The Hall–Kier alpha value is -1.71. The van der Waals surface area contributed by atoms with E-state index in [1.807, 2.05) is 0 Å². The quantitative estimate of drug-likeness (QED) is 0.539. The first-order valence-electron chi connectivity index (χ1n) is 4.66. The largest absolute Gasteiger partial charge is 0.492 e. The van der Waals surface area contributed by atoms with Crippen molar-refractivity contribution >= 4 is 5.97 Å². The maximum Gasteiger partial charge on any atom is 0.337 e. The molecule has 4 nitrogen and oxygen atoms in total. The Morgan fingerprint density at radius 2 is 1.87 bits per heavy atom. The number of carbonyl (C=O) groups excluding carboxylic acids is 1. The van der Waals surface area contributed by atoms with Gasteiger partial charge in [0.25, 0.3) is 0 Å². The molecule has 0 saturated carbocycles. The summed E-state index contributed by atoms with van der Waals surface area (Å²) in [7, 11) is 0. The summed E-state index contributed by atoms with van der Waals surface area (Å²) in [4.78, 5) is 16.0. The van der Waals surface area contributed by atoms with Gasteiger partial charge in [0.05, 0.1) is 5.41 Å². The molecule has 15 heavy (non-hydrogen) atoms. The van der Waals surface area contributed by atoms with E-state index in [2.05, 4.69) is 5.48 Å². The lowest BCUT2D eigenvalue weighted by atomic mass is 9.98. The van der Waals surface area contributed by atoms with Crippen LogP contribution in [0.4, 0.5) is 0 Å². The minimum atomic E-state index is -0.598. The van der Waals surface area contributed by atoms with E-state index in [0.717, 1.165) is 0 Å². The molecule has 0 amide bonds. The summed E-state index contributed by atoms with van der Waals surface area (Å²) >= 11 is 0. The monoisotopic (exact) mass is 209 g/mol. The van der Waals surface area contributed by atoms with Crippen molar-refractivity contribution in [2.45, 2.75) is 20.8 Å². The van der Waals surface area contributed by atoms with Crippen molar-refractivity contribution in [3.8, 4) is 0 Å². The van der Waals surface area contributed by atoms with E-state index in [9.17, 15) is 9.90 Å². The van der Waals surface area contributed by atoms with Gasteiger partial charge in [-0.2, -0.15) is 5.48 Å². The number of carbonyl (C=O) groups is 1. The van der Waals surface area contributed by atoms with Gasteiger partial charge in [0.2, 0.25) is 5.88 Å². The summed E-state index contributed by atoms with van der Waals surface area (Å²) in [5.41, 5.74) is 2.20. The Morgan fingerprint density at radius 1 is 1.33 bits per heavy atom. The average Bonchev–Trinajstić information content (AvgIpc) is 2.64. The van der Waals surface area contributed by atoms with Gasteiger partial charge in [-0.15, -0.1) is 0 Å². The molecule has 0 atom stereocenters. The van der Waals surface area contributed by atoms with Gasteiger partial charge in [0.1, 0.15) is 0 Å². The molecule has 1 aliphatic carbocycles. The molecule has 2 N–H and O–H groups in total. The van der Waals surface area contributed by atoms with Gasteiger partial charge in [-0.05, 0) is 32.9 Å². The van der Waals surface area contributed by atoms with Crippen LogP contribution in [-0.2, 0) is 9.63 Å². The van der Waals surface area contributed by atoms with Crippen LogP contribution >= 0.6 is 0 Å². The summed E-state index contributed by atoms with van der Waals surface area (Å²) in [5, 5.41) is 9.45. The SMILES string of the molecule is CC(C)(C)C(=O)ONC(O)=C1C=CC=C1. The molecule has 1 aliphatic rings. The summed E-state index contributed by atoms with van der Waals surface area (Å²) in [6.45, 7) is 5.20. The number of hydroxylamine groups is 1. The number of aliphatic hydroxyl groups excluding tert-OH is 1. The van der Waals surface area contributed by atoms with E-state index in [4.69, 9.17) is 4.84 Å². The Morgan fingerprint density at radius 3 is 2.33 bits per heavy atom. The predicted molar refractivity (Wildman–Crippen MR) is 56.6 cm³/mol. The van der Waals surface area contributed by atoms with E-state index in [1.165, 1.54) is 0 Å². The zero-order valence-corrected chi connectivity index (χ0v) is 9.07. The molecule has 0 aromatic rings. The molecule has 0 bridgehead atoms. The van der Waals surface area contributed by atoms with Gasteiger partial charge in [-0.3, -0.25) is 0 Å². The Balaban J connectivity index is 2.52. The molecule has 0 radical (unpaired) electrons. The molecule has 0 heterocycles. The number of allylic oxidation sites excluding steroid dienone is 5. The zero-order chi connectivity index (χ0) is 11.5. The molecule has 0 aliphatic heterocycles. The summed E-state index contributed by atoms with van der Waals surface area (Å²) < 4.78 is 0. The zero-order valence-electron chi connectivity index (χ0n) is 9.07. The molecule has 0 saturated heterocycles. The van der Waals surface area contributed by atoms with Crippen molar-refractivity contribution in [2.24, 2.45) is 5.41 Å². The number of hydrogen-bond acceptors (Lipinski definition) is 4. The average molecular weight is 209 g/mol. The molecule has 0 unspecified atom stereocenters. The third kappa shape index (κ3) is 3.16.